The molecule has 0 unspecified atom stereocenters. The Hall–Kier alpha value is -2.18. The van der Waals surface area contributed by atoms with Crippen molar-refractivity contribution in [2.75, 3.05) is 18.0 Å². The number of sulfone groups is 1. The highest BCUT2D eigenvalue weighted by molar-refractivity contribution is 7.91. The molecule has 0 aliphatic carbocycles. The van der Waals surface area contributed by atoms with E-state index in [1.165, 1.54) is 30.5 Å². The minimum atomic E-state index is -3.84. The zero-order chi connectivity index (χ0) is 19.9. The fraction of sp³-hybridized carbons (Fsp3) is 0.286. The summed E-state index contributed by atoms with van der Waals surface area (Å²) in [5, 5.41) is 0.979. The highest BCUT2D eigenvalue weighted by Gasteiger charge is 2.29. The van der Waals surface area contributed by atoms with Crippen molar-refractivity contribution in [3.8, 4) is 0 Å². The van der Waals surface area contributed by atoms with Crippen LogP contribution in [0.15, 0.2) is 58.5 Å². The Morgan fingerprint density at radius 1 is 1.18 bits per heavy atom. The molecule has 7 heteroatoms. The molecule has 1 fully saturated rings. The van der Waals surface area contributed by atoms with Gasteiger partial charge >= 0.3 is 0 Å². The predicted octanol–water partition coefficient (Wildman–Crippen LogP) is 5.10. The minimum Gasteiger partial charge on any atom is -0.370 e. The number of aromatic nitrogens is 1. The highest BCUT2D eigenvalue weighted by Crippen LogP contribution is 2.38. The van der Waals surface area contributed by atoms with E-state index < -0.39 is 15.7 Å². The Kier molecular flexibility index (Phi) is 5.02. The van der Waals surface area contributed by atoms with Gasteiger partial charge in [0.15, 0.2) is 0 Å². The van der Waals surface area contributed by atoms with Crippen molar-refractivity contribution in [1.29, 1.82) is 0 Å². The van der Waals surface area contributed by atoms with Crippen LogP contribution >= 0.6 is 11.6 Å². The normalized spacial score (nSPS) is 17.8. The summed E-state index contributed by atoms with van der Waals surface area (Å²) in [6.07, 6.45) is 3.44. The maximum atomic E-state index is 14.0. The second-order valence-electron chi connectivity index (χ2n) is 7.28. The monoisotopic (exact) mass is 418 g/mol. The number of fused-ring (bicyclic) bond motifs is 1. The number of piperidine rings is 1. The predicted molar refractivity (Wildman–Crippen MR) is 109 cm³/mol. The fourth-order valence-electron chi connectivity index (χ4n) is 3.79. The van der Waals surface area contributed by atoms with Crippen molar-refractivity contribution in [3.05, 3.63) is 59.5 Å². The first-order chi connectivity index (χ1) is 13.4. The number of hydrogen-bond acceptors (Lipinski definition) is 4. The Bertz CT molecular complexity index is 1130. The highest BCUT2D eigenvalue weighted by atomic mass is 35.5. The van der Waals surface area contributed by atoms with Crippen molar-refractivity contribution in [2.24, 2.45) is 5.92 Å². The molecule has 1 atom stereocenters. The molecule has 1 aromatic heterocycles. The summed E-state index contributed by atoms with van der Waals surface area (Å²) < 4.78 is 40.9. The molecule has 28 heavy (non-hydrogen) atoms. The van der Waals surface area contributed by atoms with E-state index in [1.54, 1.807) is 18.2 Å². The Morgan fingerprint density at radius 3 is 2.64 bits per heavy atom. The molecule has 1 aliphatic heterocycles. The van der Waals surface area contributed by atoms with Crippen LogP contribution in [0.3, 0.4) is 0 Å². The molecule has 0 spiro atoms. The zero-order valence-corrected chi connectivity index (χ0v) is 17.0. The van der Waals surface area contributed by atoms with Crippen LogP contribution in [-0.4, -0.2) is 26.5 Å². The molecule has 0 amide bonds. The number of benzene rings is 2. The van der Waals surface area contributed by atoms with Gasteiger partial charge in [0, 0.05) is 29.7 Å². The molecule has 0 bridgehead atoms. The van der Waals surface area contributed by atoms with Crippen LogP contribution < -0.4 is 4.90 Å². The van der Waals surface area contributed by atoms with Crippen molar-refractivity contribution in [1.82, 2.24) is 4.98 Å². The Labute approximate surface area is 168 Å². The van der Waals surface area contributed by atoms with Crippen LogP contribution in [0.25, 0.3) is 10.9 Å². The third-order valence-electron chi connectivity index (χ3n) is 5.15. The first-order valence-corrected chi connectivity index (χ1v) is 11.1. The van der Waals surface area contributed by atoms with Gasteiger partial charge in [0.25, 0.3) is 0 Å². The maximum absolute atomic E-state index is 14.0. The molecule has 1 saturated heterocycles. The lowest BCUT2D eigenvalue weighted by atomic mass is 9.99. The van der Waals surface area contributed by atoms with E-state index in [0.717, 1.165) is 25.9 Å². The molecule has 4 nitrogen and oxygen atoms in total. The van der Waals surface area contributed by atoms with Crippen LogP contribution in [0.1, 0.15) is 19.8 Å². The van der Waals surface area contributed by atoms with Crippen LogP contribution in [0.4, 0.5) is 10.1 Å². The summed E-state index contributed by atoms with van der Waals surface area (Å²) in [6.45, 7) is 3.59. The number of anilines is 1. The van der Waals surface area contributed by atoms with Gasteiger partial charge < -0.3 is 4.90 Å². The topological polar surface area (TPSA) is 50.3 Å². The second kappa shape index (κ2) is 7.33. The average Bonchev–Trinajstić information content (AvgIpc) is 2.67. The number of halogens is 2. The Balaban J connectivity index is 1.97. The first-order valence-electron chi connectivity index (χ1n) is 9.20. The van der Waals surface area contributed by atoms with Gasteiger partial charge in [-0.2, -0.15) is 0 Å². The van der Waals surface area contributed by atoms with Gasteiger partial charge in [0.2, 0.25) is 9.84 Å². The second-order valence-corrected chi connectivity index (χ2v) is 9.64. The molecule has 2 heterocycles. The fourth-order valence-corrected chi connectivity index (χ4v) is 5.35. The summed E-state index contributed by atoms with van der Waals surface area (Å²) in [4.78, 5) is 6.60. The van der Waals surface area contributed by atoms with Gasteiger partial charge in [-0.05, 0) is 61.2 Å². The number of nitrogens with zero attached hydrogens (tertiary/aromatic N) is 2. The van der Waals surface area contributed by atoms with Crippen molar-refractivity contribution in [3.63, 3.8) is 0 Å². The summed E-state index contributed by atoms with van der Waals surface area (Å²) in [5.41, 5.74) is 1.11. The largest absolute Gasteiger partial charge is 0.370 e. The molecule has 2 aromatic carbocycles. The summed E-state index contributed by atoms with van der Waals surface area (Å²) in [7, 11) is -3.84. The average molecular weight is 419 g/mol. The molecule has 0 N–H and O–H groups in total. The van der Waals surface area contributed by atoms with E-state index >= 15 is 0 Å². The SMILES string of the molecule is C[C@H]1CCCN(c2c(S(=O)(=O)c3ccc(Cl)cc3)cnc3ccc(F)cc23)C1. The third kappa shape index (κ3) is 3.47. The molecule has 3 aromatic rings. The van der Waals surface area contributed by atoms with E-state index in [-0.39, 0.29) is 9.79 Å². The maximum Gasteiger partial charge on any atom is 0.210 e. The van der Waals surface area contributed by atoms with Gasteiger partial charge in [-0.1, -0.05) is 18.5 Å². The van der Waals surface area contributed by atoms with E-state index in [9.17, 15) is 12.8 Å². The molecule has 0 radical (unpaired) electrons. The van der Waals surface area contributed by atoms with Crippen molar-refractivity contribution in [2.45, 2.75) is 29.6 Å². The summed E-state index contributed by atoms with van der Waals surface area (Å²) in [5.74, 6) is 0.0123. The summed E-state index contributed by atoms with van der Waals surface area (Å²) in [6, 6.07) is 10.4. The van der Waals surface area contributed by atoms with Crippen LogP contribution in [0.2, 0.25) is 5.02 Å². The lowest BCUT2D eigenvalue weighted by Gasteiger charge is -2.34. The van der Waals surface area contributed by atoms with E-state index in [0.29, 0.717) is 27.5 Å². The molecule has 4 rings (SSSR count). The van der Waals surface area contributed by atoms with E-state index in [2.05, 4.69) is 16.8 Å². The smallest absolute Gasteiger partial charge is 0.210 e. The summed E-state index contributed by atoms with van der Waals surface area (Å²) >= 11 is 5.92. The van der Waals surface area contributed by atoms with Crippen LogP contribution in [0, 0.1) is 11.7 Å². The number of rotatable bonds is 3. The van der Waals surface area contributed by atoms with Crippen molar-refractivity contribution >= 4 is 38.0 Å². The lowest BCUT2D eigenvalue weighted by molar-refractivity contribution is 0.446. The molecular weight excluding hydrogens is 399 g/mol. The van der Waals surface area contributed by atoms with Gasteiger partial charge in [-0.25, -0.2) is 12.8 Å². The number of hydrogen-bond donors (Lipinski definition) is 0. The van der Waals surface area contributed by atoms with E-state index in [4.69, 9.17) is 11.6 Å². The van der Waals surface area contributed by atoms with Gasteiger partial charge in [-0.3, -0.25) is 4.98 Å². The van der Waals surface area contributed by atoms with Gasteiger partial charge in [0.05, 0.1) is 16.1 Å². The zero-order valence-electron chi connectivity index (χ0n) is 15.4. The van der Waals surface area contributed by atoms with Gasteiger partial charge in [-0.15, -0.1) is 0 Å². The lowest BCUT2D eigenvalue weighted by Crippen LogP contribution is -2.35. The Morgan fingerprint density at radius 2 is 1.93 bits per heavy atom. The van der Waals surface area contributed by atoms with E-state index in [1.807, 2.05) is 0 Å². The van der Waals surface area contributed by atoms with Crippen LogP contribution in [-0.2, 0) is 9.84 Å². The minimum absolute atomic E-state index is 0.0991. The molecule has 146 valence electrons. The van der Waals surface area contributed by atoms with Crippen LogP contribution in [0.5, 0.6) is 0 Å². The quantitative estimate of drug-likeness (QED) is 0.594. The molecule has 0 saturated carbocycles. The van der Waals surface area contributed by atoms with Crippen molar-refractivity contribution < 1.29 is 12.8 Å². The first kappa shape index (κ1) is 19.2. The number of pyridine rings is 1. The molecule has 1 aliphatic rings. The third-order valence-corrected chi connectivity index (χ3v) is 7.18. The molecular formula is C21H20ClFN2O2S. The standard InChI is InChI=1S/C21H20ClFN2O2S/c1-14-3-2-10-25(13-14)21-18-11-16(23)6-9-19(18)24-12-20(21)28(26,27)17-7-4-15(22)5-8-17/h4-9,11-12,14H,2-3,10,13H2,1H3/t14-/m0/s1. The van der Waals surface area contributed by atoms with Gasteiger partial charge in [0.1, 0.15) is 10.7 Å².